The normalized spacial score (nSPS) is 31.4. The number of halogens is 2. The molecule has 3 fully saturated rings. The molecule has 1 N–H and O–H groups in total. The molecule has 0 amide bonds. The summed E-state index contributed by atoms with van der Waals surface area (Å²) < 4.78 is 35.0. The van der Waals surface area contributed by atoms with Gasteiger partial charge < -0.3 is 14.7 Å². The molecule has 0 aliphatic carbocycles. The van der Waals surface area contributed by atoms with Crippen molar-refractivity contribution in [3.63, 3.8) is 0 Å². The van der Waals surface area contributed by atoms with E-state index >= 15 is 0 Å². The Labute approximate surface area is 181 Å². The molecule has 5 rings (SSSR count). The molecule has 0 saturated carbocycles. The number of fused-ring (bicyclic) bond motifs is 2. The summed E-state index contributed by atoms with van der Waals surface area (Å²) >= 11 is 0. The Kier molecular flexibility index (Phi) is 5.05. The summed E-state index contributed by atoms with van der Waals surface area (Å²) in [5.41, 5.74) is -0.153. The third kappa shape index (κ3) is 3.84. The Bertz CT molecular complexity index is 1000. The number of hydrogen-bond acceptors (Lipinski definition) is 6. The Hall–Kier alpha value is -2.06. The molecule has 3 saturated heterocycles. The number of hydrogen-bond donors (Lipinski definition) is 1. The zero-order chi connectivity index (χ0) is 21.8. The molecule has 4 heterocycles. The van der Waals surface area contributed by atoms with Gasteiger partial charge in [-0.05, 0) is 63.8 Å². The number of aryl methyl sites for hydroxylation is 1. The first-order valence-corrected chi connectivity index (χ1v) is 11.2. The SMILES string of the molecule is Cc1cc(F)c2nc(OC[C@@]34CCCN3C[C@H](F)C4)nc(N3CCC[C@@](C)(O)C3)c2c1. The molecule has 2 aromatic rings. The summed E-state index contributed by atoms with van der Waals surface area (Å²) in [4.78, 5) is 13.2. The van der Waals surface area contributed by atoms with Gasteiger partial charge in [-0.15, -0.1) is 0 Å². The summed E-state index contributed by atoms with van der Waals surface area (Å²) in [5.74, 6) is 0.163. The molecule has 0 radical (unpaired) electrons. The van der Waals surface area contributed by atoms with Crippen molar-refractivity contribution in [1.82, 2.24) is 14.9 Å². The Morgan fingerprint density at radius 2 is 2.03 bits per heavy atom. The highest BCUT2D eigenvalue weighted by molar-refractivity contribution is 5.91. The molecule has 0 bridgehead atoms. The topological polar surface area (TPSA) is 61.7 Å². The van der Waals surface area contributed by atoms with Gasteiger partial charge in [0.25, 0.3) is 0 Å². The standard InChI is InChI=1S/C23H30F2N4O2/c1-15-9-17-19(18(25)10-15)26-21(27-20(17)28-7-3-5-22(2,30)13-28)31-14-23-6-4-8-29(23)12-16(24)11-23/h9-10,16,30H,3-8,11-14H2,1-2H3/t16-,22-,23+/m1/s1. The summed E-state index contributed by atoms with van der Waals surface area (Å²) in [6, 6.07) is 3.44. The highest BCUT2D eigenvalue weighted by atomic mass is 19.1. The lowest BCUT2D eigenvalue weighted by molar-refractivity contribution is 0.0447. The maximum Gasteiger partial charge on any atom is 0.319 e. The van der Waals surface area contributed by atoms with Crippen molar-refractivity contribution in [1.29, 1.82) is 0 Å². The monoisotopic (exact) mass is 432 g/mol. The fourth-order valence-corrected chi connectivity index (χ4v) is 5.64. The second-order valence-corrected chi connectivity index (χ2v) is 9.86. The second-order valence-electron chi connectivity index (χ2n) is 9.86. The molecule has 3 aliphatic rings. The summed E-state index contributed by atoms with van der Waals surface area (Å²) in [6.07, 6.45) is 3.06. The minimum Gasteiger partial charge on any atom is -0.461 e. The van der Waals surface area contributed by atoms with Crippen LogP contribution < -0.4 is 9.64 Å². The van der Waals surface area contributed by atoms with Crippen LogP contribution in [0.3, 0.4) is 0 Å². The number of aromatic nitrogens is 2. The van der Waals surface area contributed by atoms with Gasteiger partial charge >= 0.3 is 6.01 Å². The summed E-state index contributed by atoms with van der Waals surface area (Å²) in [7, 11) is 0. The van der Waals surface area contributed by atoms with E-state index < -0.39 is 17.6 Å². The van der Waals surface area contributed by atoms with Gasteiger partial charge in [0.2, 0.25) is 0 Å². The van der Waals surface area contributed by atoms with Crippen LogP contribution in [0.25, 0.3) is 10.9 Å². The van der Waals surface area contributed by atoms with Crippen molar-refractivity contribution in [3.05, 3.63) is 23.5 Å². The number of rotatable bonds is 4. The quantitative estimate of drug-likeness (QED) is 0.799. The van der Waals surface area contributed by atoms with Gasteiger partial charge in [-0.2, -0.15) is 9.97 Å². The number of aliphatic hydroxyl groups is 1. The number of benzene rings is 1. The largest absolute Gasteiger partial charge is 0.461 e. The van der Waals surface area contributed by atoms with Gasteiger partial charge in [0.05, 0.1) is 11.1 Å². The average molecular weight is 433 g/mol. The van der Waals surface area contributed by atoms with Gasteiger partial charge in [-0.25, -0.2) is 8.78 Å². The Balaban J connectivity index is 1.50. The van der Waals surface area contributed by atoms with Crippen molar-refractivity contribution in [2.75, 3.05) is 37.7 Å². The van der Waals surface area contributed by atoms with Crippen LogP contribution in [-0.2, 0) is 0 Å². The van der Waals surface area contributed by atoms with Crippen LogP contribution in [0, 0.1) is 12.7 Å². The Morgan fingerprint density at radius 3 is 2.84 bits per heavy atom. The number of nitrogens with zero attached hydrogens (tertiary/aromatic N) is 4. The van der Waals surface area contributed by atoms with E-state index in [4.69, 9.17) is 4.74 Å². The molecule has 3 atom stereocenters. The fourth-order valence-electron chi connectivity index (χ4n) is 5.64. The van der Waals surface area contributed by atoms with Gasteiger partial charge in [-0.3, -0.25) is 4.90 Å². The highest BCUT2D eigenvalue weighted by Gasteiger charge is 2.49. The lowest BCUT2D eigenvalue weighted by atomic mass is 9.95. The van der Waals surface area contributed by atoms with Crippen LogP contribution in [0.4, 0.5) is 14.6 Å². The van der Waals surface area contributed by atoms with Crippen LogP contribution in [0.5, 0.6) is 6.01 Å². The van der Waals surface area contributed by atoms with E-state index in [2.05, 4.69) is 14.9 Å². The molecular formula is C23H30F2N4O2. The van der Waals surface area contributed by atoms with E-state index in [1.165, 1.54) is 6.07 Å². The molecule has 0 unspecified atom stereocenters. The first kappa shape index (κ1) is 20.8. The summed E-state index contributed by atoms with van der Waals surface area (Å²) in [5, 5.41) is 11.2. The maximum atomic E-state index is 14.9. The average Bonchev–Trinajstić information content (AvgIpc) is 3.21. The molecule has 31 heavy (non-hydrogen) atoms. The molecule has 168 valence electrons. The van der Waals surface area contributed by atoms with E-state index in [1.807, 2.05) is 24.8 Å². The van der Waals surface area contributed by atoms with Gasteiger partial charge in [-0.1, -0.05) is 0 Å². The van der Waals surface area contributed by atoms with E-state index in [9.17, 15) is 13.9 Å². The van der Waals surface area contributed by atoms with Crippen LogP contribution in [0.1, 0.15) is 44.6 Å². The lowest BCUT2D eigenvalue weighted by Gasteiger charge is -2.38. The zero-order valence-electron chi connectivity index (χ0n) is 18.2. The lowest BCUT2D eigenvalue weighted by Crippen LogP contribution is -2.46. The van der Waals surface area contributed by atoms with Crippen LogP contribution >= 0.6 is 0 Å². The smallest absolute Gasteiger partial charge is 0.319 e. The molecule has 3 aliphatic heterocycles. The number of alkyl halides is 1. The predicted octanol–water partition coefficient (Wildman–Crippen LogP) is 3.38. The van der Waals surface area contributed by atoms with E-state index in [0.29, 0.717) is 43.7 Å². The predicted molar refractivity (Wildman–Crippen MR) is 115 cm³/mol. The number of piperidine rings is 1. The molecule has 6 nitrogen and oxygen atoms in total. The van der Waals surface area contributed by atoms with Crippen molar-refractivity contribution in [3.8, 4) is 6.01 Å². The molecule has 0 spiro atoms. The molecule has 8 heteroatoms. The minimum absolute atomic E-state index is 0.110. The molecular weight excluding hydrogens is 402 g/mol. The van der Waals surface area contributed by atoms with Crippen LogP contribution in [-0.4, -0.2) is 70.1 Å². The van der Waals surface area contributed by atoms with E-state index in [-0.39, 0.29) is 17.1 Å². The fraction of sp³-hybridized carbons (Fsp3) is 0.652. The number of ether oxygens (including phenoxy) is 1. The first-order chi connectivity index (χ1) is 14.7. The maximum absolute atomic E-state index is 14.9. The van der Waals surface area contributed by atoms with Crippen LogP contribution in [0.15, 0.2) is 12.1 Å². The zero-order valence-corrected chi connectivity index (χ0v) is 18.2. The molecule has 1 aromatic heterocycles. The second kappa shape index (κ2) is 7.52. The van der Waals surface area contributed by atoms with Gasteiger partial charge in [0.15, 0.2) is 0 Å². The minimum atomic E-state index is -0.840. The number of anilines is 1. The Morgan fingerprint density at radius 1 is 1.23 bits per heavy atom. The van der Waals surface area contributed by atoms with Crippen molar-refractivity contribution >= 4 is 16.7 Å². The van der Waals surface area contributed by atoms with Crippen molar-refractivity contribution < 1.29 is 18.6 Å². The van der Waals surface area contributed by atoms with E-state index in [1.54, 1.807) is 0 Å². The van der Waals surface area contributed by atoms with Gasteiger partial charge in [0.1, 0.15) is 29.9 Å². The molecule has 1 aromatic carbocycles. The third-order valence-electron chi connectivity index (χ3n) is 7.06. The van der Waals surface area contributed by atoms with Crippen LogP contribution in [0.2, 0.25) is 0 Å². The summed E-state index contributed by atoms with van der Waals surface area (Å²) in [6.45, 7) is 6.41. The van der Waals surface area contributed by atoms with Crippen molar-refractivity contribution in [2.45, 2.75) is 63.3 Å². The number of β-amino-alcohol motifs (C(OH)–C–C–N with tert-alkyl or cyclic N) is 1. The van der Waals surface area contributed by atoms with Crippen molar-refractivity contribution in [2.24, 2.45) is 0 Å². The first-order valence-electron chi connectivity index (χ1n) is 11.2. The highest BCUT2D eigenvalue weighted by Crippen LogP contribution is 2.40. The van der Waals surface area contributed by atoms with Gasteiger partial charge in [0, 0.05) is 31.4 Å². The van der Waals surface area contributed by atoms with E-state index in [0.717, 1.165) is 37.9 Å². The third-order valence-corrected chi connectivity index (χ3v) is 7.06.